The van der Waals surface area contributed by atoms with Crippen LogP contribution in [0, 0.1) is 0 Å². The molecule has 2 aromatic heterocycles. The van der Waals surface area contributed by atoms with Crippen LogP contribution in [0.4, 0.5) is 0 Å². The molecule has 0 bridgehead atoms. The molecule has 2 heterocycles. The van der Waals surface area contributed by atoms with E-state index in [4.69, 9.17) is 9.47 Å². The Morgan fingerprint density at radius 3 is 2.45 bits per heavy atom. The molecule has 2 aromatic carbocycles. The number of rotatable bonds is 6. The Bertz CT molecular complexity index is 1430. The normalized spacial score (nSPS) is 10.7. The van der Waals surface area contributed by atoms with Crippen LogP contribution < -0.4 is 10.2 Å². The molecule has 0 atom stereocenters. The highest BCUT2D eigenvalue weighted by Crippen LogP contribution is 2.27. The summed E-state index contributed by atoms with van der Waals surface area (Å²) in [6.07, 6.45) is 1.57. The van der Waals surface area contributed by atoms with Gasteiger partial charge >= 0.3 is 11.9 Å². The molecular formula is C25H20N2O6. The lowest BCUT2D eigenvalue weighted by atomic mass is 9.98. The van der Waals surface area contributed by atoms with E-state index in [2.05, 4.69) is 4.98 Å². The van der Waals surface area contributed by atoms with Crippen LogP contribution >= 0.6 is 0 Å². The first-order chi connectivity index (χ1) is 16.0. The highest BCUT2D eigenvalue weighted by molar-refractivity contribution is 5.94. The topological polar surface area (TPSA) is 108 Å². The maximum atomic E-state index is 13.5. The molecule has 8 heteroatoms. The van der Waals surface area contributed by atoms with Gasteiger partial charge in [-0.25, -0.2) is 14.6 Å². The van der Waals surface area contributed by atoms with Crippen molar-refractivity contribution in [2.45, 2.75) is 6.42 Å². The van der Waals surface area contributed by atoms with Gasteiger partial charge in [-0.1, -0.05) is 24.3 Å². The molecule has 0 saturated heterocycles. The minimum atomic E-state index is -1.10. The van der Waals surface area contributed by atoms with Crippen molar-refractivity contribution < 1.29 is 24.2 Å². The molecule has 166 valence electrons. The third-order valence-electron chi connectivity index (χ3n) is 5.32. The number of carbonyl (C=O) groups is 2. The van der Waals surface area contributed by atoms with Gasteiger partial charge in [-0.05, 0) is 42.0 Å². The van der Waals surface area contributed by atoms with Gasteiger partial charge in [-0.3, -0.25) is 9.36 Å². The molecule has 0 amide bonds. The lowest BCUT2D eigenvalue weighted by molar-refractivity contribution is 0.0589. The summed E-state index contributed by atoms with van der Waals surface area (Å²) < 4.78 is 12.0. The fourth-order valence-corrected chi connectivity index (χ4v) is 3.78. The summed E-state index contributed by atoms with van der Waals surface area (Å²) in [5.74, 6) is -1.50. The number of pyridine rings is 2. The number of hydrogen-bond acceptors (Lipinski definition) is 6. The zero-order valence-electron chi connectivity index (χ0n) is 17.9. The van der Waals surface area contributed by atoms with Crippen LogP contribution in [-0.2, 0) is 11.2 Å². The van der Waals surface area contributed by atoms with Gasteiger partial charge in [0.05, 0.1) is 25.2 Å². The second kappa shape index (κ2) is 8.96. The minimum Gasteiger partial charge on any atom is -0.496 e. The number of carboxylic acids is 1. The molecule has 4 aromatic rings. The van der Waals surface area contributed by atoms with E-state index in [1.54, 1.807) is 41.1 Å². The zero-order valence-corrected chi connectivity index (χ0v) is 17.9. The van der Waals surface area contributed by atoms with E-state index in [9.17, 15) is 19.5 Å². The van der Waals surface area contributed by atoms with Crippen LogP contribution in [0.2, 0.25) is 0 Å². The number of carboxylic acid groups (broad SMARTS) is 1. The smallest absolute Gasteiger partial charge is 0.355 e. The van der Waals surface area contributed by atoms with Crippen molar-refractivity contribution >= 4 is 23.0 Å². The van der Waals surface area contributed by atoms with Crippen molar-refractivity contribution in [1.82, 2.24) is 9.55 Å². The summed E-state index contributed by atoms with van der Waals surface area (Å²) in [6, 6.07) is 16.8. The van der Waals surface area contributed by atoms with Gasteiger partial charge in [0.15, 0.2) is 5.43 Å². The van der Waals surface area contributed by atoms with Crippen LogP contribution in [0.3, 0.4) is 0 Å². The van der Waals surface area contributed by atoms with E-state index in [-0.39, 0.29) is 28.7 Å². The predicted molar refractivity (Wildman–Crippen MR) is 121 cm³/mol. The lowest BCUT2D eigenvalue weighted by Gasteiger charge is -2.19. The third-order valence-corrected chi connectivity index (χ3v) is 5.32. The Labute approximate surface area is 188 Å². The number of methoxy groups -OCH3 is 2. The average Bonchev–Trinajstić information content (AvgIpc) is 2.85. The van der Waals surface area contributed by atoms with E-state index in [0.717, 1.165) is 0 Å². The second-order valence-electron chi connectivity index (χ2n) is 7.20. The van der Waals surface area contributed by atoms with Gasteiger partial charge in [0.25, 0.3) is 0 Å². The van der Waals surface area contributed by atoms with E-state index in [0.29, 0.717) is 28.0 Å². The Morgan fingerprint density at radius 1 is 1.03 bits per heavy atom. The number of fused-ring (bicyclic) bond motifs is 1. The summed E-state index contributed by atoms with van der Waals surface area (Å²) >= 11 is 0. The van der Waals surface area contributed by atoms with Crippen molar-refractivity contribution in [2.24, 2.45) is 0 Å². The molecule has 0 aliphatic carbocycles. The maximum Gasteiger partial charge on any atom is 0.355 e. The van der Waals surface area contributed by atoms with Crippen molar-refractivity contribution in [3.05, 3.63) is 99.5 Å². The molecule has 0 saturated carbocycles. The van der Waals surface area contributed by atoms with E-state index < -0.39 is 11.9 Å². The van der Waals surface area contributed by atoms with Gasteiger partial charge in [-0.15, -0.1) is 0 Å². The van der Waals surface area contributed by atoms with Crippen molar-refractivity contribution in [1.29, 1.82) is 0 Å². The standard InChI is InChI=1S/C25H20N2O6/c1-32-20-14-16(24(29)30)11-10-15(20)13-19-21(25(31)33-2)27(17-7-4-3-5-8-17)23-18(22(19)28)9-6-12-26-23/h3-12,14H,13H2,1-2H3,(H,29,30). The van der Waals surface area contributed by atoms with Gasteiger partial charge in [0.2, 0.25) is 0 Å². The number of aromatic carboxylic acids is 1. The molecule has 0 aliphatic heterocycles. The van der Waals surface area contributed by atoms with Crippen LogP contribution in [0.15, 0.2) is 71.7 Å². The first-order valence-corrected chi connectivity index (χ1v) is 10.0. The quantitative estimate of drug-likeness (QED) is 0.454. The largest absolute Gasteiger partial charge is 0.496 e. The Kier molecular flexibility index (Phi) is 5.91. The van der Waals surface area contributed by atoms with Crippen LogP contribution in [0.1, 0.15) is 32.0 Å². The number of esters is 1. The zero-order chi connectivity index (χ0) is 23.5. The van der Waals surface area contributed by atoms with E-state index in [1.165, 1.54) is 26.4 Å². The molecule has 0 aliphatic rings. The predicted octanol–water partition coefficient (Wildman–Crippen LogP) is 3.47. The fraction of sp³-hybridized carbons (Fsp3) is 0.120. The molecule has 33 heavy (non-hydrogen) atoms. The number of nitrogens with zero attached hydrogens (tertiary/aromatic N) is 2. The number of benzene rings is 2. The van der Waals surface area contributed by atoms with Crippen LogP contribution in [0.5, 0.6) is 5.75 Å². The van der Waals surface area contributed by atoms with Crippen molar-refractivity contribution in [3.8, 4) is 11.4 Å². The third kappa shape index (κ3) is 3.94. The first-order valence-electron chi connectivity index (χ1n) is 10.0. The number of para-hydroxylation sites is 1. The summed E-state index contributed by atoms with van der Waals surface area (Å²) in [7, 11) is 2.66. The molecule has 0 unspecified atom stereocenters. The summed E-state index contributed by atoms with van der Waals surface area (Å²) in [6.45, 7) is 0. The molecular weight excluding hydrogens is 424 g/mol. The number of hydrogen-bond donors (Lipinski definition) is 1. The average molecular weight is 444 g/mol. The highest BCUT2D eigenvalue weighted by Gasteiger charge is 2.25. The fourth-order valence-electron chi connectivity index (χ4n) is 3.78. The Morgan fingerprint density at radius 2 is 1.79 bits per heavy atom. The van der Waals surface area contributed by atoms with Crippen LogP contribution in [-0.4, -0.2) is 40.8 Å². The second-order valence-corrected chi connectivity index (χ2v) is 7.20. The lowest BCUT2D eigenvalue weighted by Crippen LogP contribution is -2.25. The molecule has 1 N–H and O–H groups in total. The van der Waals surface area contributed by atoms with Gasteiger partial charge in [0.1, 0.15) is 17.1 Å². The van der Waals surface area contributed by atoms with Gasteiger partial charge in [0, 0.05) is 23.9 Å². The molecule has 4 rings (SSSR count). The van der Waals surface area contributed by atoms with E-state index >= 15 is 0 Å². The van der Waals surface area contributed by atoms with Gasteiger partial charge in [-0.2, -0.15) is 0 Å². The molecule has 0 radical (unpaired) electrons. The molecule has 0 fully saturated rings. The monoisotopic (exact) mass is 444 g/mol. The Balaban J connectivity index is 2.05. The molecule has 8 nitrogen and oxygen atoms in total. The molecule has 0 spiro atoms. The van der Waals surface area contributed by atoms with Crippen LogP contribution in [0.25, 0.3) is 16.7 Å². The first kappa shape index (κ1) is 21.8. The minimum absolute atomic E-state index is 0.0179. The number of aromatic nitrogens is 2. The number of ether oxygens (including phenoxy) is 2. The SMILES string of the molecule is COC(=O)c1c(Cc2ccc(C(=O)O)cc2OC)c(=O)c2cccnc2n1-c1ccccc1. The summed E-state index contributed by atoms with van der Waals surface area (Å²) in [4.78, 5) is 42.2. The summed E-state index contributed by atoms with van der Waals surface area (Å²) in [5.41, 5.74) is 1.43. The van der Waals surface area contributed by atoms with Gasteiger partial charge < -0.3 is 14.6 Å². The summed E-state index contributed by atoms with van der Waals surface area (Å²) in [5, 5.41) is 9.62. The Hall–Kier alpha value is -4.46. The number of carbonyl (C=O) groups excluding carboxylic acids is 1. The maximum absolute atomic E-state index is 13.5. The van der Waals surface area contributed by atoms with E-state index in [1.807, 2.05) is 18.2 Å². The van der Waals surface area contributed by atoms with Crippen molar-refractivity contribution in [2.75, 3.05) is 14.2 Å². The van der Waals surface area contributed by atoms with Crippen molar-refractivity contribution in [3.63, 3.8) is 0 Å². The highest BCUT2D eigenvalue weighted by atomic mass is 16.5.